The Bertz CT molecular complexity index is 331. The average molecular weight is 249 g/mol. The van der Waals surface area contributed by atoms with Crippen LogP contribution < -0.4 is 5.32 Å². The van der Waals surface area contributed by atoms with Crippen LogP contribution in [0.15, 0.2) is 22.8 Å². The zero-order valence-corrected chi connectivity index (χ0v) is 12.0. The summed E-state index contributed by atoms with van der Waals surface area (Å²) in [5.41, 5.74) is 0. The number of furan rings is 1. The van der Waals surface area contributed by atoms with E-state index in [1.165, 1.54) is 25.7 Å². The molecule has 0 aromatic carbocycles. The molecule has 0 radical (unpaired) electrons. The molecule has 0 saturated heterocycles. The third-order valence-corrected chi connectivity index (χ3v) is 4.39. The minimum atomic E-state index is 0.379. The SMILES string of the molecule is CCC(NC1CCCCC1C(C)C)c1ccco1. The molecule has 1 heterocycles. The highest BCUT2D eigenvalue weighted by molar-refractivity contribution is 5.05. The van der Waals surface area contributed by atoms with Gasteiger partial charge < -0.3 is 9.73 Å². The molecule has 1 aromatic rings. The fraction of sp³-hybridized carbons (Fsp3) is 0.750. The van der Waals surface area contributed by atoms with Gasteiger partial charge in [0, 0.05) is 6.04 Å². The minimum Gasteiger partial charge on any atom is -0.468 e. The highest BCUT2D eigenvalue weighted by Crippen LogP contribution is 2.32. The summed E-state index contributed by atoms with van der Waals surface area (Å²) in [5.74, 6) is 2.69. The molecule has 1 aliphatic rings. The first kappa shape index (κ1) is 13.7. The predicted octanol–water partition coefficient (Wildman–Crippen LogP) is 4.54. The molecule has 1 N–H and O–H groups in total. The van der Waals surface area contributed by atoms with E-state index in [0.717, 1.165) is 24.0 Å². The van der Waals surface area contributed by atoms with E-state index >= 15 is 0 Å². The second kappa shape index (κ2) is 6.42. The van der Waals surface area contributed by atoms with E-state index < -0.39 is 0 Å². The standard InChI is InChI=1S/C16H27NO/c1-4-14(16-10-7-11-18-16)17-15-9-6-5-8-13(15)12(2)3/h7,10-15,17H,4-6,8-9H2,1-3H3. The van der Waals surface area contributed by atoms with Gasteiger partial charge in [0.1, 0.15) is 5.76 Å². The zero-order chi connectivity index (χ0) is 13.0. The van der Waals surface area contributed by atoms with Gasteiger partial charge in [-0.1, -0.05) is 33.6 Å². The van der Waals surface area contributed by atoms with Crippen LogP contribution >= 0.6 is 0 Å². The summed E-state index contributed by atoms with van der Waals surface area (Å²) in [6.07, 6.45) is 8.34. The Kier molecular flexibility index (Phi) is 4.87. The van der Waals surface area contributed by atoms with Gasteiger partial charge >= 0.3 is 0 Å². The largest absolute Gasteiger partial charge is 0.468 e. The normalized spacial score (nSPS) is 26.4. The van der Waals surface area contributed by atoms with Crippen molar-refractivity contribution in [3.63, 3.8) is 0 Å². The maximum atomic E-state index is 5.56. The van der Waals surface area contributed by atoms with E-state index in [2.05, 4.69) is 32.2 Å². The highest BCUT2D eigenvalue weighted by atomic mass is 16.3. The third kappa shape index (κ3) is 3.17. The molecule has 102 valence electrons. The topological polar surface area (TPSA) is 25.2 Å². The molecule has 3 atom stereocenters. The monoisotopic (exact) mass is 249 g/mol. The molecule has 1 fully saturated rings. The summed E-state index contributed by atoms with van der Waals surface area (Å²) in [6.45, 7) is 6.95. The van der Waals surface area contributed by atoms with Crippen molar-refractivity contribution >= 4 is 0 Å². The maximum absolute atomic E-state index is 5.56. The molecule has 3 unspecified atom stereocenters. The molecule has 1 saturated carbocycles. The molecule has 0 amide bonds. The fourth-order valence-electron chi connectivity index (χ4n) is 3.31. The van der Waals surface area contributed by atoms with Gasteiger partial charge in [0.25, 0.3) is 0 Å². The summed E-state index contributed by atoms with van der Waals surface area (Å²) in [6, 6.07) is 5.12. The molecule has 0 spiro atoms. The Labute approximate surface area is 111 Å². The van der Waals surface area contributed by atoms with Crippen molar-refractivity contribution in [1.82, 2.24) is 5.32 Å². The van der Waals surface area contributed by atoms with E-state index in [1.807, 2.05) is 6.07 Å². The van der Waals surface area contributed by atoms with Crippen LogP contribution in [0.25, 0.3) is 0 Å². The number of rotatable bonds is 5. The van der Waals surface area contributed by atoms with E-state index in [9.17, 15) is 0 Å². The van der Waals surface area contributed by atoms with Gasteiger partial charge in [-0.05, 0) is 43.2 Å². The van der Waals surface area contributed by atoms with Crippen molar-refractivity contribution in [3.05, 3.63) is 24.2 Å². The van der Waals surface area contributed by atoms with Crippen LogP contribution in [0.2, 0.25) is 0 Å². The quantitative estimate of drug-likeness (QED) is 0.829. The molecule has 0 bridgehead atoms. The van der Waals surface area contributed by atoms with Crippen molar-refractivity contribution < 1.29 is 4.42 Å². The molecule has 18 heavy (non-hydrogen) atoms. The van der Waals surface area contributed by atoms with Crippen LogP contribution in [-0.4, -0.2) is 6.04 Å². The lowest BCUT2D eigenvalue weighted by Crippen LogP contribution is -2.42. The lowest BCUT2D eigenvalue weighted by Gasteiger charge is -2.37. The van der Waals surface area contributed by atoms with Gasteiger partial charge in [-0.3, -0.25) is 0 Å². The van der Waals surface area contributed by atoms with E-state index in [-0.39, 0.29) is 0 Å². The van der Waals surface area contributed by atoms with Gasteiger partial charge in [-0.15, -0.1) is 0 Å². The van der Waals surface area contributed by atoms with Gasteiger partial charge in [-0.2, -0.15) is 0 Å². The molecule has 2 heteroatoms. The Morgan fingerprint density at radius 2 is 2.11 bits per heavy atom. The van der Waals surface area contributed by atoms with Gasteiger partial charge in [0.15, 0.2) is 0 Å². The lowest BCUT2D eigenvalue weighted by molar-refractivity contribution is 0.185. The van der Waals surface area contributed by atoms with Gasteiger partial charge in [0.2, 0.25) is 0 Å². The number of hydrogen-bond acceptors (Lipinski definition) is 2. The van der Waals surface area contributed by atoms with Crippen molar-refractivity contribution in [3.8, 4) is 0 Å². The van der Waals surface area contributed by atoms with Crippen molar-refractivity contribution in [2.75, 3.05) is 0 Å². The molecule has 2 rings (SSSR count). The van der Waals surface area contributed by atoms with Crippen molar-refractivity contribution in [2.45, 2.75) is 65.0 Å². The van der Waals surface area contributed by atoms with Gasteiger partial charge in [0.05, 0.1) is 12.3 Å². The second-order valence-corrected chi connectivity index (χ2v) is 5.94. The molecular weight excluding hydrogens is 222 g/mol. The smallest absolute Gasteiger partial charge is 0.120 e. The summed E-state index contributed by atoms with van der Waals surface area (Å²) >= 11 is 0. The Hall–Kier alpha value is -0.760. The molecular formula is C16H27NO. The highest BCUT2D eigenvalue weighted by Gasteiger charge is 2.29. The number of nitrogens with one attached hydrogen (secondary N) is 1. The van der Waals surface area contributed by atoms with Crippen molar-refractivity contribution in [2.24, 2.45) is 11.8 Å². The van der Waals surface area contributed by atoms with Crippen LogP contribution in [0.5, 0.6) is 0 Å². The predicted molar refractivity (Wildman–Crippen MR) is 75.5 cm³/mol. The van der Waals surface area contributed by atoms with E-state index in [4.69, 9.17) is 4.42 Å². The minimum absolute atomic E-state index is 0.379. The van der Waals surface area contributed by atoms with Crippen molar-refractivity contribution in [1.29, 1.82) is 0 Å². The summed E-state index contributed by atoms with van der Waals surface area (Å²) in [4.78, 5) is 0. The second-order valence-electron chi connectivity index (χ2n) is 5.94. The molecule has 1 aromatic heterocycles. The fourth-order valence-corrected chi connectivity index (χ4v) is 3.31. The Morgan fingerprint density at radius 3 is 2.72 bits per heavy atom. The van der Waals surface area contributed by atoms with Crippen LogP contribution in [0, 0.1) is 11.8 Å². The molecule has 2 nitrogen and oxygen atoms in total. The average Bonchev–Trinajstić information content (AvgIpc) is 2.90. The van der Waals surface area contributed by atoms with E-state index in [0.29, 0.717) is 12.1 Å². The van der Waals surface area contributed by atoms with Crippen LogP contribution in [0.1, 0.15) is 64.7 Å². The van der Waals surface area contributed by atoms with Crippen LogP contribution in [-0.2, 0) is 0 Å². The maximum Gasteiger partial charge on any atom is 0.120 e. The Morgan fingerprint density at radius 1 is 1.33 bits per heavy atom. The third-order valence-electron chi connectivity index (χ3n) is 4.39. The zero-order valence-electron chi connectivity index (χ0n) is 12.0. The molecule has 1 aliphatic carbocycles. The summed E-state index contributed by atoms with van der Waals surface area (Å²) in [7, 11) is 0. The lowest BCUT2D eigenvalue weighted by atomic mass is 9.77. The van der Waals surface area contributed by atoms with E-state index in [1.54, 1.807) is 6.26 Å². The van der Waals surface area contributed by atoms with Crippen LogP contribution in [0.4, 0.5) is 0 Å². The summed E-state index contributed by atoms with van der Waals surface area (Å²) in [5, 5.41) is 3.85. The summed E-state index contributed by atoms with van der Waals surface area (Å²) < 4.78 is 5.56. The first-order valence-electron chi connectivity index (χ1n) is 7.51. The van der Waals surface area contributed by atoms with Gasteiger partial charge in [-0.25, -0.2) is 0 Å². The first-order chi connectivity index (χ1) is 8.72. The van der Waals surface area contributed by atoms with Crippen LogP contribution in [0.3, 0.4) is 0 Å². The first-order valence-corrected chi connectivity index (χ1v) is 7.51. The number of hydrogen-bond donors (Lipinski definition) is 1. The Balaban J connectivity index is 2.01. The molecule has 0 aliphatic heterocycles.